The first-order valence-electron chi connectivity index (χ1n) is 11.2. The van der Waals surface area contributed by atoms with Crippen molar-refractivity contribution in [3.8, 4) is 6.07 Å². The number of hydrazine groups is 1. The molecule has 2 aromatic rings. The fourth-order valence-electron chi connectivity index (χ4n) is 5.06. The van der Waals surface area contributed by atoms with Gasteiger partial charge >= 0.3 is 6.18 Å². The molecule has 3 aliphatic rings. The van der Waals surface area contributed by atoms with Gasteiger partial charge in [-0.05, 0) is 31.4 Å². The van der Waals surface area contributed by atoms with E-state index in [0.29, 0.717) is 16.4 Å². The molecule has 1 saturated carbocycles. The van der Waals surface area contributed by atoms with Gasteiger partial charge in [0.05, 0.1) is 29.3 Å². The lowest BCUT2D eigenvalue weighted by Gasteiger charge is -2.47. The smallest absolute Gasteiger partial charge is 0.340 e. The summed E-state index contributed by atoms with van der Waals surface area (Å²) < 4.78 is 38.8. The van der Waals surface area contributed by atoms with Gasteiger partial charge in [-0.25, -0.2) is 20.4 Å². The van der Waals surface area contributed by atoms with Gasteiger partial charge in [0.15, 0.2) is 0 Å². The molecule has 5 rings (SSSR count). The maximum atomic E-state index is 13.1. The molecule has 4 heterocycles. The van der Waals surface area contributed by atoms with E-state index in [-0.39, 0.29) is 23.9 Å². The van der Waals surface area contributed by atoms with Crippen molar-refractivity contribution in [2.45, 2.75) is 56.3 Å². The molecule has 2 aromatic heterocycles. The average molecular weight is 507 g/mol. The number of hydrogen-bond acceptors (Lipinski definition) is 8. The quantitative estimate of drug-likeness (QED) is 0.579. The Labute approximate surface area is 204 Å². The van der Waals surface area contributed by atoms with Crippen molar-refractivity contribution in [1.29, 1.82) is 5.26 Å². The van der Waals surface area contributed by atoms with Crippen LogP contribution in [0.15, 0.2) is 30.7 Å². The third-order valence-electron chi connectivity index (χ3n) is 7.08. The largest absolute Gasteiger partial charge is 0.433 e. The van der Waals surface area contributed by atoms with Crippen LogP contribution in [-0.4, -0.2) is 44.2 Å². The van der Waals surface area contributed by atoms with E-state index < -0.39 is 36.0 Å². The second kappa shape index (κ2) is 8.98. The van der Waals surface area contributed by atoms with E-state index in [2.05, 4.69) is 37.1 Å². The van der Waals surface area contributed by atoms with E-state index in [1.165, 1.54) is 12.3 Å². The number of hydrogen-bond donors (Lipinski definition) is 3. The average Bonchev–Trinajstić information content (AvgIpc) is 3.18. The Hall–Kier alpha value is -2.85. The molecule has 184 valence electrons. The van der Waals surface area contributed by atoms with Crippen LogP contribution in [-0.2, 0) is 11.0 Å². The van der Waals surface area contributed by atoms with Crippen molar-refractivity contribution in [2.24, 2.45) is 11.8 Å². The van der Waals surface area contributed by atoms with Crippen LogP contribution in [0.3, 0.4) is 0 Å². The second-order valence-electron chi connectivity index (χ2n) is 9.02. The Morgan fingerprint density at radius 1 is 1.20 bits per heavy atom. The van der Waals surface area contributed by atoms with E-state index in [4.69, 9.17) is 11.6 Å². The molecule has 35 heavy (non-hydrogen) atoms. The van der Waals surface area contributed by atoms with E-state index in [1.807, 2.05) is 0 Å². The molecular formula is C22H22ClF3N8O. The molecule has 13 heteroatoms. The number of nitriles is 1. The monoisotopic (exact) mass is 506 g/mol. The van der Waals surface area contributed by atoms with Gasteiger partial charge in [0.25, 0.3) is 0 Å². The summed E-state index contributed by atoms with van der Waals surface area (Å²) >= 11 is 5.90. The Balaban J connectivity index is 1.37. The summed E-state index contributed by atoms with van der Waals surface area (Å²) in [7, 11) is 0. The summed E-state index contributed by atoms with van der Waals surface area (Å²) in [5.41, 5.74) is 2.60. The number of nitrogens with one attached hydrogen (secondary N) is 3. The predicted molar refractivity (Wildman–Crippen MR) is 117 cm³/mol. The molecule has 9 nitrogen and oxygen atoms in total. The minimum atomic E-state index is -4.53. The molecular weight excluding hydrogens is 485 g/mol. The Bertz CT molecular complexity index is 1140. The van der Waals surface area contributed by atoms with Gasteiger partial charge in [0.1, 0.15) is 17.6 Å². The van der Waals surface area contributed by atoms with Gasteiger partial charge < -0.3 is 5.32 Å². The standard InChI is InChI=1S/C22H22ClF3N8O/c1-10(11-2-5-16(28-7-11)22(24,25)26)34-20-17(15(6-27)33-34)21(35)32-19(31-20)14-4-3-13(14)18-29-8-12(23)9-30-18/h2,5,7-10,13-15,17,19-20,31,33H,3-4H2,1H3,(H,32,35). The van der Waals surface area contributed by atoms with Crippen molar-refractivity contribution in [3.63, 3.8) is 0 Å². The molecule has 2 saturated heterocycles. The van der Waals surface area contributed by atoms with Gasteiger partial charge in [0.2, 0.25) is 5.91 Å². The molecule has 0 bridgehead atoms. The summed E-state index contributed by atoms with van der Waals surface area (Å²) in [5.74, 6) is -0.240. The lowest BCUT2D eigenvalue weighted by atomic mass is 9.70. The highest BCUT2D eigenvalue weighted by Crippen LogP contribution is 2.44. The van der Waals surface area contributed by atoms with Crippen LogP contribution in [0.2, 0.25) is 5.02 Å². The van der Waals surface area contributed by atoms with E-state index >= 15 is 0 Å². The van der Waals surface area contributed by atoms with Crippen LogP contribution in [0.5, 0.6) is 0 Å². The highest BCUT2D eigenvalue weighted by Gasteiger charge is 2.54. The van der Waals surface area contributed by atoms with Crippen molar-refractivity contribution in [2.75, 3.05) is 0 Å². The molecule has 1 amide bonds. The van der Waals surface area contributed by atoms with Crippen LogP contribution in [0.1, 0.15) is 48.8 Å². The van der Waals surface area contributed by atoms with E-state index in [0.717, 1.165) is 18.9 Å². The minimum absolute atomic E-state index is 0.0344. The number of aromatic nitrogens is 3. The molecule has 7 atom stereocenters. The summed E-state index contributed by atoms with van der Waals surface area (Å²) in [6.45, 7) is 1.78. The number of nitrogens with zero attached hydrogens (tertiary/aromatic N) is 5. The van der Waals surface area contributed by atoms with E-state index in [9.17, 15) is 23.2 Å². The first-order valence-corrected chi connectivity index (χ1v) is 11.6. The highest BCUT2D eigenvalue weighted by atomic mass is 35.5. The maximum Gasteiger partial charge on any atom is 0.433 e. The molecule has 3 fully saturated rings. The summed E-state index contributed by atoms with van der Waals surface area (Å²) in [5, 5.41) is 18.3. The van der Waals surface area contributed by atoms with Crippen LogP contribution < -0.4 is 16.1 Å². The van der Waals surface area contributed by atoms with Crippen molar-refractivity contribution >= 4 is 17.5 Å². The normalized spacial score (nSPS) is 31.7. The lowest BCUT2D eigenvalue weighted by molar-refractivity contribution is -0.141. The lowest BCUT2D eigenvalue weighted by Crippen LogP contribution is -2.68. The van der Waals surface area contributed by atoms with E-state index in [1.54, 1.807) is 24.3 Å². The zero-order valence-electron chi connectivity index (χ0n) is 18.5. The van der Waals surface area contributed by atoms with Gasteiger partial charge in [-0.15, -0.1) is 0 Å². The third-order valence-corrected chi connectivity index (χ3v) is 7.28. The van der Waals surface area contributed by atoms with Gasteiger partial charge in [-0.1, -0.05) is 17.7 Å². The maximum absolute atomic E-state index is 13.1. The molecule has 3 N–H and O–H groups in total. The van der Waals surface area contributed by atoms with Crippen molar-refractivity contribution in [3.05, 3.63) is 52.8 Å². The fourth-order valence-corrected chi connectivity index (χ4v) is 5.16. The number of amides is 1. The molecule has 7 unspecified atom stereocenters. The topological polar surface area (TPSA) is 119 Å². The Kier molecular flexibility index (Phi) is 6.13. The molecule has 0 radical (unpaired) electrons. The molecule has 2 aliphatic heterocycles. The zero-order chi connectivity index (χ0) is 24.9. The fraction of sp³-hybridized carbons (Fsp3) is 0.500. The molecule has 0 aromatic carbocycles. The number of pyridine rings is 1. The minimum Gasteiger partial charge on any atom is -0.340 e. The number of carbonyl (C=O) groups excluding carboxylic acids is 1. The molecule has 0 spiro atoms. The molecule has 1 aliphatic carbocycles. The number of halogens is 4. The first kappa shape index (κ1) is 23.9. The second-order valence-corrected chi connectivity index (χ2v) is 9.46. The number of carbonyl (C=O) groups is 1. The number of fused-ring (bicyclic) bond motifs is 1. The van der Waals surface area contributed by atoms with Crippen molar-refractivity contribution < 1.29 is 18.0 Å². The van der Waals surface area contributed by atoms with Gasteiger partial charge in [0, 0.05) is 36.5 Å². The van der Waals surface area contributed by atoms with Crippen LogP contribution in [0.25, 0.3) is 0 Å². The predicted octanol–water partition coefficient (Wildman–Crippen LogP) is 2.50. The highest BCUT2D eigenvalue weighted by molar-refractivity contribution is 6.30. The Morgan fingerprint density at radius 3 is 2.51 bits per heavy atom. The van der Waals surface area contributed by atoms with Crippen LogP contribution in [0.4, 0.5) is 13.2 Å². The summed E-state index contributed by atoms with van der Waals surface area (Å²) in [4.78, 5) is 25.3. The summed E-state index contributed by atoms with van der Waals surface area (Å²) in [6, 6.07) is 3.14. The Morgan fingerprint density at radius 2 is 1.94 bits per heavy atom. The number of alkyl halides is 3. The first-order chi connectivity index (χ1) is 16.7. The van der Waals surface area contributed by atoms with Crippen LogP contribution in [0, 0.1) is 23.2 Å². The third kappa shape index (κ3) is 4.33. The van der Waals surface area contributed by atoms with Gasteiger partial charge in [-0.3, -0.25) is 15.1 Å². The SMILES string of the molecule is CC(c1ccc(C(F)(F)F)nc1)N1NC(C#N)C2C(=O)NC(C3CCC3c3ncc(Cl)cn3)NC21. The zero-order valence-corrected chi connectivity index (χ0v) is 19.3. The van der Waals surface area contributed by atoms with Gasteiger partial charge in [-0.2, -0.15) is 18.4 Å². The van der Waals surface area contributed by atoms with Crippen molar-refractivity contribution in [1.82, 2.24) is 36.0 Å². The number of rotatable bonds is 4. The summed E-state index contributed by atoms with van der Waals surface area (Å²) in [6.07, 6.45) is 0.497. The van der Waals surface area contributed by atoms with Crippen LogP contribution >= 0.6 is 11.6 Å².